The second-order valence-electron chi connectivity index (χ2n) is 3.81. The maximum atomic E-state index is 13.4. The van der Waals surface area contributed by atoms with Crippen LogP contribution in [0, 0.1) is 12.7 Å². The number of likely N-dealkylation sites (N-methyl/N-ethyl adjacent to an activating group) is 1. The van der Waals surface area contributed by atoms with Gasteiger partial charge in [0.2, 0.25) is 5.91 Å². The molecule has 1 aromatic rings. The first-order chi connectivity index (χ1) is 7.54. The van der Waals surface area contributed by atoms with Crippen molar-refractivity contribution in [1.29, 1.82) is 0 Å². The Labute approximate surface area is 107 Å². The molecule has 0 unspecified atom stereocenters. The third-order valence-electron chi connectivity index (χ3n) is 2.44. The van der Waals surface area contributed by atoms with E-state index in [9.17, 15) is 9.18 Å². The molecule has 2 N–H and O–H groups in total. The molecule has 0 spiro atoms. The summed E-state index contributed by atoms with van der Waals surface area (Å²) in [6, 6.07) is 4.61. The molecule has 3 nitrogen and oxygen atoms in total. The summed E-state index contributed by atoms with van der Waals surface area (Å²) in [4.78, 5) is 11.2. The van der Waals surface area contributed by atoms with Crippen molar-refractivity contribution in [3.8, 4) is 0 Å². The van der Waals surface area contributed by atoms with E-state index in [0.29, 0.717) is 12.1 Å². The highest BCUT2D eigenvalue weighted by Crippen LogP contribution is 2.09. The lowest BCUT2D eigenvalue weighted by Gasteiger charge is -2.12. The molecule has 0 aromatic heterocycles. The summed E-state index contributed by atoms with van der Waals surface area (Å²) in [5, 5.41) is 5.50. The third kappa shape index (κ3) is 4.71. The van der Waals surface area contributed by atoms with Crippen molar-refractivity contribution in [2.45, 2.75) is 26.4 Å². The first-order valence-electron chi connectivity index (χ1n) is 5.24. The Kier molecular flexibility index (Phi) is 6.76. The van der Waals surface area contributed by atoms with Crippen LogP contribution < -0.4 is 10.6 Å². The van der Waals surface area contributed by atoms with Gasteiger partial charge in [0, 0.05) is 19.2 Å². The van der Waals surface area contributed by atoms with E-state index in [0.717, 1.165) is 5.56 Å². The topological polar surface area (TPSA) is 41.1 Å². The van der Waals surface area contributed by atoms with E-state index in [4.69, 9.17) is 0 Å². The van der Waals surface area contributed by atoms with Crippen LogP contribution in [0.3, 0.4) is 0 Å². The van der Waals surface area contributed by atoms with E-state index in [2.05, 4.69) is 10.6 Å². The molecule has 0 aliphatic rings. The summed E-state index contributed by atoms with van der Waals surface area (Å²) in [5.41, 5.74) is 1.58. The Morgan fingerprint density at radius 2 is 2.12 bits per heavy atom. The number of carbonyl (C=O) groups excluding carboxylic acids is 1. The van der Waals surface area contributed by atoms with Gasteiger partial charge in [0.1, 0.15) is 5.82 Å². The van der Waals surface area contributed by atoms with Gasteiger partial charge in [-0.2, -0.15) is 0 Å². The third-order valence-corrected chi connectivity index (χ3v) is 2.44. The smallest absolute Gasteiger partial charge is 0.236 e. The van der Waals surface area contributed by atoms with Gasteiger partial charge >= 0.3 is 0 Å². The van der Waals surface area contributed by atoms with E-state index in [1.54, 1.807) is 26.1 Å². The van der Waals surface area contributed by atoms with Crippen molar-refractivity contribution in [3.63, 3.8) is 0 Å². The van der Waals surface area contributed by atoms with E-state index in [-0.39, 0.29) is 30.2 Å². The van der Waals surface area contributed by atoms with E-state index in [1.807, 2.05) is 6.92 Å². The highest BCUT2D eigenvalue weighted by molar-refractivity contribution is 5.85. The van der Waals surface area contributed by atoms with Crippen molar-refractivity contribution in [1.82, 2.24) is 10.6 Å². The second-order valence-corrected chi connectivity index (χ2v) is 3.81. The molecule has 1 rings (SSSR count). The molecule has 0 aliphatic heterocycles. The fourth-order valence-electron chi connectivity index (χ4n) is 1.41. The number of rotatable bonds is 4. The minimum atomic E-state index is -0.329. The highest BCUT2D eigenvalue weighted by atomic mass is 35.5. The fraction of sp³-hybridized carbons (Fsp3) is 0.417. The van der Waals surface area contributed by atoms with Crippen LogP contribution in [0.15, 0.2) is 18.2 Å². The Hall–Kier alpha value is -1.13. The molecule has 0 aliphatic carbocycles. The van der Waals surface area contributed by atoms with Crippen LogP contribution in [-0.4, -0.2) is 19.0 Å². The molecular weight excluding hydrogens is 243 g/mol. The molecule has 96 valence electrons. The number of halogens is 2. The molecule has 0 heterocycles. The Morgan fingerprint density at radius 1 is 1.47 bits per heavy atom. The minimum absolute atomic E-state index is 0. The van der Waals surface area contributed by atoms with Crippen LogP contribution in [-0.2, 0) is 11.3 Å². The average molecular weight is 261 g/mol. The van der Waals surface area contributed by atoms with E-state index >= 15 is 0 Å². The summed E-state index contributed by atoms with van der Waals surface area (Å²) >= 11 is 0. The number of hydrogen-bond donors (Lipinski definition) is 2. The zero-order valence-electron chi connectivity index (χ0n) is 10.2. The van der Waals surface area contributed by atoms with Gasteiger partial charge in [0.25, 0.3) is 0 Å². The maximum absolute atomic E-state index is 13.4. The van der Waals surface area contributed by atoms with E-state index < -0.39 is 0 Å². The van der Waals surface area contributed by atoms with Crippen molar-refractivity contribution in [3.05, 3.63) is 35.1 Å². The van der Waals surface area contributed by atoms with Gasteiger partial charge in [-0.25, -0.2) is 4.39 Å². The monoisotopic (exact) mass is 260 g/mol. The number of hydrogen-bond acceptors (Lipinski definition) is 2. The number of aryl methyl sites for hydroxylation is 1. The van der Waals surface area contributed by atoms with Gasteiger partial charge in [-0.05, 0) is 19.9 Å². The lowest BCUT2D eigenvalue weighted by molar-refractivity contribution is -0.122. The van der Waals surface area contributed by atoms with Gasteiger partial charge in [0.05, 0.1) is 6.04 Å². The quantitative estimate of drug-likeness (QED) is 0.867. The van der Waals surface area contributed by atoms with Crippen LogP contribution in [0.4, 0.5) is 4.39 Å². The summed E-state index contributed by atoms with van der Waals surface area (Å²) in [5.74, 6) is -0.352. The Bertz CT molecular complexity index is 385. The maximum Gasteiger partial charge on any atom is 0.236 e. The lowest BCUT2D eigenvalue weighted by atomic mass is 10.1. The predicted molar refractivity (Wildman–Crippen MR) is 68.8 cm³/mol. The molecule has 5 heteroatoms. The molecule has 0 fully saturated rings. The van der Waals surface area contributed by atoms with Gasteiger partial charge in [-0.15, -0.1) is 12.4 Å². The van der Waals surface area contributed by atoms with Gasteiger partial charge in [-0.3, -0.25) is 4.79 Å². The molecular formula is C12H18ClFN2O. The zero-order chi connectivity index (χ0) is 12.1. The van der Waals surface area contributed by atoms with Crippen molar-refractivity contribution < 1.29 is 9.18 Å². The predicted octanol–water partition coefficient (Wildman–Crippen LogP) is 1.78. The van der Waals surface area contributed by atoms with Crippen molar-refractivity contribution in [2.24, 2.45) is 0 Å². The van der Waals surface area contributed by atoms with Crippen LogP contribution >= 0.6 is 12.4 Å². The summed E-state index contributed by atoms with van der Waals surface area (Å²) in [6.45, 7) is 4.00. The first kappa shape index (κ1) is 15.9. The normalized spacial score (nSPS) is 11.5. The molecule has 0 saturated carbocycles. The van der Waals surface area contributed by atoms with Crippen molar-refractivity contribution >= 4 is 18.3 Å². The molecule has 0 radical (unpaired) electrons. The van der Waals surface area contributed by atoms with Crippen LogP contribution in [0.2, 0.25) is 0 Å². The number of nitrogens with one attached hydrogen (secondary N) is 2. The fourth-order valence-corrected chi connectivity index (χ4v) is 1.41. The summed E-state index contributed by atoms with van der Waals surface area (Å²) in [6.07, 6.45) is 0. The van der Waals surface area contributed by atoms with E-state index in [1.165, 1.54) is 6.07 Å². The Balaban J connectivity index is 0.00000256. The molecule has 17 heavy (non-hydrogen) atoms. The summed E-state index contributed by atoms with van der Waals surface area (Å²) < 4.78 is 13.4. The summed E-state index contributed by atoms with van der Waals surface area (Å²) in [7, 11) is 1.58. The largest absolute Gasteiger partial charge is 0.358 e. The Morgan fingerprint density at radius 3 is 2.71 bits per heavy atom. The van der Waals surface area contributed by atoms with Crippen LogP contribution in [0.25, 0.3) is 0 Å². The van der Waals surface area contributed by atoms with Crippen LogP contribution in [0.5, 0.6) is 0 Å². The van der Waals surface area contributed by atoms with Crippen molar-refractivity contribution in [2.75, 3.05) is 7.05 Å². The molecule has 1 atom stereocenters. The average Bonchev–Trinajstić information content (AvgIpc) is 2.28. The van der Waals surface area contributed by atoms with Gasteiger partial charge in [0.15, 0.2) is 0 Å². The van der Waals surface area contributed by atoms with Gasteiger partial charge in [-0.1, -0.05) is 17.7 Å². The number of carbonyl (C=O) groups is 1. The van der Waals surface area contributed by atoms with Gasteiger partial charge < -0.3 is 10.6 Å². The standard InChI is InChI=1S/C12H17FN2O.ClH/c1-8-4-5-11(13)10(6-8)7-15-9(2)12(16)14-3;/h4-6,9,15H,7H2,1-3H3,(H,14,16);1H/t9-;/m1./s1. The van der Waals surface area contributed by atoms with Crippen LogP contribution in [0.1, 0.15) is 18.1 Å². The highest BCUT2D eigenvalue weighted by Gasteiger charge is 2.10. The molecule has 1 amide bonds. The number of benzene rings is 1. The SMILES string of the molecule is CNC(=O)[C@@H](C)NCc1cc(C)ccc1F.Cl. The number of amides is 1. The second kappa shape index (κ2) is 7.25. The molecule has 1 aromatic carbocycles. The lowest BCUT2D eigenvalue weighted by Crippen LogP contribution is -2.40. The minimum Gasteiger partial charge on any atom is -0.358 e. The first-order valence-corrected chi connectivity index (χ1v) is 5.24. The molecule has 0 saturated heterocycles. The zero-order valence-corrected chi connectivity index (χ0v) is 11.0. The molecule has 0 bridgehead atoms.